The Kier molecular flexibility index (Phi) is 6.60. The molecule has 8 heteroatoms. The molecule has 0 bridgehead atoms. The second-order valence-corrected chi connectivity index (χ2v) is 6.23. The molecule has 0 spiro atoms. The van der Waals surface area contributed by atoms with Crippen LogP contribution in [0.3, 0.4) is 0 Å². The molecule has 21 heavy (non-hydrogen) atoms. The molecule has 0 saturated heterocycles. The molecule has 0 saturated carbocycles. The molecule has 2 N–H and O–H groups in total. The van der Waals surface area contributed by atoms with Gasteiger partial charge in [0, 0.05) is 20.1 Å². The second kappa shape index (κ2) is 7.96. The van der Waals surface area contributed by atoms with E-state index >= 15 is 0 Å². The Morgan fingerprint density at radius 2 is 2.14 bits per heavy atom. The fourth-order valence-corrected chi connectivity index (χ4v) is 2.47. The van der Waals surface area contributed by atoms with Gasteiger partial charge in [0.15, 0.2) is 0 Å². The van der Waals surface area contributed by atoms with Gasteiger partial charge in [-0.25, -0.2) is 0 Å². The molecule has 1 aromatic carbocycles. The van der Waals surface area contributed by atoms with Crippen LogP contribution in [0.25, 0.3) is 0 Å². The van der Waals surface area contributed by atoms with Crippen molar-refractivity contribution in [3.63, 3.8) is 0 Å². The Balaban J connectivity index is 2.60. The van der Waals surface area contributed by atoms with Crippen LogP contribution in [-0.2, 0) is 21.5 Å². The second-order valence-electron chi connectivity index (χ2n) is 4.37. The predicted molar refractivity (Wildman–Crippen MR) is 78.3 cm³/mol. The standard InChI is InChI=1S/C13H20N2O5S/c1-3-20-12-6-4-5-11(9-12)10-14-21(18,19)15(2)8-7-13(16)17/h4-6,9,14H,3,7-8,10H2,1-2H3,(H,16,17). The average Bonchev–Trinajstić information content (AvgIpc) is 2.43. The van der Waals surface area contributed by atoms with E-state index in [0.717, 1.165) is 9.87 Å². The number of hydrogen-bond acceptors (Lipinski definition) is 4. The monoisotopic (exact) mass is 316 g/mol. The number of hydrogen-bond donors (Lipinski definition) is 2. The maximum absolute atomic E-state index is 11.9. The van der Waals surface area contributed by atoms with Crippen molar-refractivity contribution >= 4 is 16.2 Å². The summed E-state index contributed by atoms with van der Waals surface area (Å²) in [5.41, 5.74) is 0.760. The summed E-state index contributed by atoms with van der Waals surface area (Å²) in [5.74, 6) is -0.366. The van der Waals surface area contributed by atoms with Crippen LogP contribution < -0.4 is 9.46 Å². The molecule has 7 nitrogen and oxygen atoms in total. The molecular weight excluding hydrogens is 296 g/mol. The lowest BCUT2D eigenvalue weighted by atomic mass is 10.2. The van der Waals surface area contributed by atoms with Gasteiger partial charge < -0.3 is 9.84 Å². The lowest BCUT2D eigenvalue weighted by Gasteiger charge is -2.17. The van der Waals surface area contributed by atoms with E-state index in [1.54, 1.807) is 24.3 Å². The van der Waals surface area contributed by atoms with E-state index in [2.05, 4.69) is 4.72 Å². The Hall–Kier alpha value is -1.64. The van der Waals surface area contributed by atoms with E-state index in [4.69, 9.17) is 9.84 Å². The van der Waals surface area contributed by atoms with E-state index in [1.807, 2.05) is 6.92 Å². The molecular formula is C13H20N2O5S. The Morgan fingerprint density at radius 3 is 2.76 bits per heavy atom. The zero-order valence-corrected chi connectivity index (χ0v) is 12.9. The number of ether oxygens (including phenoxy) is 1. The fourth-order valence-electron chi connectivity index (χ4n) is 1.57. The SMILES string of the molecule is CCOc1cccc(CNS(=O)(=O)N(C)CCC(=O)O)c1. The van der Waals surface area contributed by atoms with Gasteiger partial charge in [-0.15, -0.1) is 0 Å². The number of carboxylic acid groups (broad SMARTS) is 1. The van der Waals surface area contributed by atoms with Crippen LogP contribution in [0, 0.1) is 0 Å². The molecule has 0 aromatic heterocycles. The minimum Gasteiger partial charge on any atom is -0.494 e. The minimum atomic E-state index is -3.70. The summed E-state index contributed by atoms with van der Waals surface area (Å²) in [6.45, 7) is 2.43. The van der Waals surface area contributed by atoms with E-state index in [1.165, 1.54) is 7.05 Å². The van der Waals surface area contributed by atoms with Crippen molar-refractivity contribution in [1.29, 1.82) is 0 Å². The summed E-state index contributed by atoms with van der Waals surface area (Å²) >= 11 is 0. The number of rotatable bonds is 9. The van der Waals surface area contributed by atoms with Crippen molar-refractivity contribution in [2.24, 2.45) is 0 Å². The molecule has 0 amide bonds. The molecule has 1 aromatic rings. The third kappa shape index (κ3) is 6.11. The van der Waals surface area contributed by atoms with Crippen molar-refractivity contribution in [2.45, 2.75) is 19.9 Å². The molecule has 0 aliphatic carbocycles. The number of nitrogens with zero attached hydrogens (tertiary/aromatic N) is 1. The zero-order chi connectivity index (χ0) is 15.9. The average molecular weight is 316 g/mol. The van der Waals surface area contributed by atoms with Crippen LogP contribution in [0.5, 0.6) is 5.75 Å². The highest BCUT2D eigenvalue weighted by atomic mass is 32.2. The van der Waals surface area contributed by atoms with Crippen LogP contribution in [0.4, 0.5) is 0 Å². The molecule has 0 unspecified atom stereocenters. The van der Waals surface area contributed by atoms with Gasteiger partial charge in [0.2, 0.25) is 0 Å². The molecule has 0 heterocycles. The zero-order valence-electron chi connectivity index (χ0n) is 12.1. The number of carboxylic acids is 1. The Labute approximate surface area is 124 Å². The van der Waals surface area contributed by atoms with Crippen molar-refractivity contribution in [3.8, 4) is 5.75 Å². The highest BCUT2D eigenvalue weighted by molar-refractivity contribution is 7.87. The summed E-state index contributed by atoms with van der Waals surface area (Å²) in [5, 5.41) is 8.56. The van der Waals surface area contributed by atoms with Crippen molar-refractivity contribution in [3.05, 3.63) is 29.8 Å². The molecule has 0 fully saturated rings. The van der Waals surface area contributed by atoms with Gasteiger partial charge in [-0.05, 0) is 24.6 Å². The minimum absolute atomic E-state index is 0.0797. The van der Waals surface area contributed by atoms with Gasteiger partial charge in [-0.2, -0.15) is 17.4 Å². The predicted octanol–water partition coefficient (Wildman–Crippen LogP) is 0.826. The van der Waals surface area contributed by atoms with Crippen molar-refractivity contribution < 1.29 is 23.1 Å². The molecule has 0 aliphatic rings. The third-order valence-corrected chi connectivity index (χ3v) is 4.23. The van der Waals surface area contributed by atoms with Crippen LogP contribution in [0.1, 0.15) is 18.9 Å². The first kappa shape index (κ1) is 17.4. The van der Waals surface area contributed by atoms with Crippen molar-refractivity contribution in [1.82, 2.24) is 9.03 Å². The normalized spacial score (nSPS) is 11.6. The van der Waals surface area contributed by atoms with E-state index < -0.39 is 16.2 Å². The lowest BCUT2D eigenvalue weighted by molar-refractivity contribution is -0.137. The highest BCUT2D eigenvalue weighted by Gasteiger charge is 2.17. The van der Waals surface area contributed by atoms with Crippen molar-refractivity contribution in [2.75, 3.05) is 20.2 Å². The van der Waals surface area contributed by atoms with Gasteiger partial charge in [-0.1, -0.05) is 12.1 Å². The van der Waals surface area contributed by atoms with Crippen LogP contribution in [0.15, 0.2) is 24.3 Å². The maximum atomic E-state index is 11.9. The first-order chi connectivity index (χ1) is 9.85. The first-order valence-corrected chi connectivity index (χ1v) is 7.93. The smallest absolute Gasteiger partial charge is 0.304 e. The van der Waals surface area contributed by atoms with Crippen LogP contribution >= 0.6 is 0 Å². The van der Waals surface area contributed by atoms with Gasteiger partial charge in [-0.3, -0.25) is 4.79 Å². The van der Waals surface area contributed by atoms with Gasteiger partial charge >= 0.3 is 5.97 Å². The fraction of sp³-hybridized carbons (Fsp3) is 0.462. The molecule has 0 atom stereocenters. The molecule has 0 aliphatic heterocycles. The molecule has 118 valence electrons. The number of aliphatic carboxylic acids is 1. The van der Waals surface area contributed by atoms with Crippen LogP contribution in [-0.4, -0.2) is 44.0 Å². The van der Waals surface area contributed by atoms with E-state index in [9.17, 15) is 13.2 Å². The number of benzene rings is 1. The summed E-state index contributed by atoms with van der Waals surface area (Å²) in [7, 11) is -2.36. The van der Waals surface area contributed by atoms with E-state index in [0.29, 0.717) is 12.4 Å². The van der Waals surface area contributed by atoms with Gasteiger partial charge in [0.25, 0.3) is 10.2 Å². The summed E-state index contributed by atoms with van der Waals surface area (Å²) in [6, 6.07) is 7.11. The Morgan fingerprint density at radius 1 is 1.43 bits per heavy atom. The van der Waals surface area contributed by atoms with Crippen LogP contribution in [0.2, 0.25) is 0 Å². The van der Waals surface area contributed by atoms with Gasteiger partial charge in [0.1, 0.15) is 5.75 Å². The topological polar surface area (TPSA) is 95.9 Å². The third-order valence-electron chi connectivity index (χ3n) is 2.72. The number of nitrogens with one attached hydrogen (secondary N) is 1. The largest absolute Gasteiger partial charge is 0.494 e. The Bertz CT molecular complexity index is 574. The molecule has 0 radical (unpaired) electrons. The summed E-state index contributed by atoms with van der Waals surface area (Å²) in [6.07, 6.45) is -0.239. The summed E-state index contributed by atoms with van der Waals surface area (Å²) < 4.78 is 32.6. The van der Waals surface area contributed by atoms with E-state index in [-0.39, 0.29) is 19.5 Å². The first-order valence-electron chi connectivity index (χ1n) is 6.49. The molecule has 1 rings (SSSR count). The lowest BCUT2D eigenvalue weighted by Crippen LogP contribution is -2.38. The highest BCUT2D eigenvalue weighted by Crippen LogP contribution is 2.13. The van der Waals surface area contributed by atoms with Gasteiger partial charge in [0.05, 0.1) is 13.0 Å². The number of carbonyl (C=O) groups is 1. The maximum Gasteiger partial charge on any atom is 0.304 e. The quantitative estimate of drug-likeness (QED) is 0.703. The summed E-state index contributed by atoms with van der Waals surface area (Å²) in [4.78, 5) is 10.5.